The number of benzene rings is 2. The van der Waals surface area contributed by atoms with E-state index in [1.54, 1.807) is 74.6 Å². The quantitative estimate of drug-likeness (QED) is 0.0142. The fourth-order valence-electron chi connectivity index (χ4n) is 11.5. The number of nitrogens with two attached hydrogens (primary N) is 3. The van der Waals surface area contributed by atoms with Gasteiger partial charge in [0.2, 0.25) is 76.8 Å². The van der Waals surface area contributed by atoms with Crippen LogP contribution in [0.1, 0.15) is 115 Å². The van der Waals surface area contributed by atoms with Crippen molar-refractivity contribution in [3.63, 3.8) is 0 Å². The minimum atomic E-state index is -1.91. The number of aromatic nitrogens is 1. The lowest BCUT2D eigenvalue weighted by atomic mass is 9.84. The summed E-state index contributed by atoms with van der Waals surface area (Å²) in [5.74, 6) is -16.8. The van der Waals surface area contributed by atoms with Crippen LogP contribution in [0.3, 0.4) is 0 Å². The van der Waals surface area contributed by atoms with E-state index in [1.165, 1.54) is 6.92 Å². The molecule has 108 heavy (non-hydrogen) atoms. The van der Waals surface area contributed by atoms with Crippen LogP contribution in [0.15, 0.2) is 60.8 Å². The van der Waals surface area contributed by atoms with Crippen molar-refractivity contribution in [3.8, 4) is 0 Å². The Morgan fingerprint density at radius 1 is 0.500 bits per heavy atom. The van der Waals surface area contributed by atoms with Crippen LogP contribution >= 0.6 is 0 Å². The maximum Gasteiger partial charge on any atom is 0.328 e. The van der Waals surface area contributed by atoms with E-state index in [1.807, 2.05) is 0 Å². The number of hydrogen-bond acceptors (Lipinski definition) is 21. The largest absolute Gasteiger partial charge is 0.481 e. The van der Waals surface area contributed by atoms with Crippen molar-refractivity contribution in [1.82, 2.24) is 79.4 Å². The van der Waals surface area contributed by atoms with Gasteiger partial charge < -0.3 is 122 Å². The third kappa shape index (κ3) is 32.0. The van der Waals surface area contributed by atoms with Crippen molar-refractivity contribution < 1.29 is 97.5 Å². The molecule has 596 valence electrons. The SMILES string of the molecule is CC(C)C[C@H](NC(=O)[C@H](C)NC(=O)[C@@H](CCCNC(=N)N)NC(=O)[C@@H](CO)NC(=O)[C@H](Cc1ccccc1)NC(=O)[C@H](CC1CCCCC1)NC(=O)[C@H](CC(=O)O)NC(=O)CNC(=O)[C@H](CO)NC(=O)CNC(=O)CNC(=O)[C@@H](N)CCCCN)C(=O)N[C@@H](Cc1c[nH]c2ccccc12)C(=O)N[C@@H](CO)C(=O)O. The molecule has 0 unspecified atom stereocenters. The van der Waals surface area contributed by atoms with Gasteiger partial charge in [0, 0.05) is 36.5 Å². The Hall–Kier alpha value is -10.9. The van der Waals surface area contributed by atoms with Crippen LogP contribution in [-0.2, 0) is 84.8 Å². The Kier molecular flexibility index (Phi) is 38.9. The van der Waals surface area contributed by atoms with Gasteiger partial charge in [0.05, 0.1) is 51.9 Å². The van der Waals surface area contributed by atoms with Gasteiger partial charge in [-0.15, -0.1) is 0 Å². The number of fused-ring (bicyclic) bond motifs is 1. The topological polar surface area (TPSA) is 643 Å². The first-order chi connectivity index (χ1) is 51.4. The van der Waals surface area contributed by atoms with Gasteiger partial charge in [0.1, 0.15) is 60.4 Å². The second-order valence-corrected chi connectivity index (χ2v) is 26.6. The molecule has 0 saturated heterocycles. The van der Waals surface area contributed by atoms with Crippen LogP contribution in [-0.4, -0.2) is 244 Å². The van der Waals surface area contributed by atoms with Gasteiger partial charge in [-0.3, -0.25) is 72.5 Å². The molecule has 1 aliphatic carbocycles. The Bertz CT molecular complexity index is 3560. The van der Waals surface area contributed by atoms with E-state index < -0.39 is 207 Å². The number of carbonyl (C=O) groups excluding carboxylic acids is 13. The van der Waals surface area contributed by atoms with Crippen LogP contribution in [0, 0.1) is 17.2 Å². The number of aliphatic hydroxyl groups is 3. The van der Waals surface area contributed by atoms with Gasteiger partial charge in [-0.05, 0) is 81.0 Å². The molecule has 0 spiro atoms. The number of aliphatic hydroxyl groups excluding tert-OH is 3. The van der Waals surface area contributed by atoms with Crippen molar-refractivity contribution in [2.24, 2.45) is 29.0 Å². The molecular weight excluding hydrogens is 1410 g/mol. The van der Waals surface area contributed by atoms with Gasteiger partial charge in [-0.25, -0.2) is 4.79 Å². The first kappa shape index (κ1) is 89.5. The lowest BCUT2D eigenvalue weighted by molar-refractivity contribution is -0.143. The summed E-state index contributed by atoms with van der Waals surface area (Å²) in [6.07, 6.45) is 4.97. The number of unbranched alkanes of at least 4 members (excludes halogenated alkanes) is 1. The number of para-hydroxylation sites is 1. The highest BCUT2D eigenvalue weighted by Crippen LogP contribution is 2.28. The summed E-state index contributed by atoms with van der Waals surface area (Å²) < 4.78 is 0. The molecule has 11 atom stereocenters. The van der Waals surface area contributed by atoms with Crippen molar-refractivity contribution in [2.45, 2.75) is 184 Å². The Morgan fingerprint density at radius 2 is 1.00 bits per heavy atom. The fourth-order valence-corrected chi connectivity index (χ4v) is 11.5. The molecular formula is C69H105N19O20. The minimum absolute atomic E-state index is 0.00570. The molecule has 3 aromatic rings. The number of rotatable bonds is 48. The minimum Gasteiger partial charge on any atom is -0.481 e. The standard InChI is InChI=1S/C69H105N19O20/c1-37(2)25-46(62(101)86-49(65(104)88-53(36-91)68(107)108)28-41-30-75-44-21-11-10-19-42(41)44)83-58(97)38(3)79-61(100)45(22-14-24-74-69(72)73)82-67(106)52(35-90)87-64(103)48(27-40-17-8-5-9-18-40)84-63(102)47(26-39-15-6-4-7-16-39)85-66(105)50(29-57(95)96)80-56(94)33-78-60(99)51(34-89)81-55(93)32-76-54(92)31-77-59(98)43(71)20-12-13-23-70/h5,8-11,17-19,21,30,37-39,43,45-53,75,89-91H,4,6-7,12-16,20,22-29,31-36,70-71H2,1-3H3,(H,76,92)(H,77,98)(H,78,99)(H,79,100)(H,80,94)(H,81,93)(H,82,106)(H,83,97)(H,84,102)(H,85,105)(H,86,101)(H,87,103)(H,88,104)(H,95,96)(H,107,108)(H4,72,73,74)/t38-,43-,45+,46-,47-,48-,49-,50-,51-,52+,53-/m0/s1. The number of guanidine groups is 1. The third-order valence-corrected chi connectivity index (χ3v) is 17.4. The molecule has 1 aromatic heterocycles. The molecule has 1 aliphatic rings. The summed E-state index contributed by atoms with van der Waals surface area (Å²) in [5, 5.41) is 91.6. The molecule has 39 heteroatoms. The normalized spacial score (nSPS) is 15.1. The number of carboxylic acids is 2. The number of aliphatic carboxylic acids is 2. The molecule has 1 heterocycles. The molecule has 13 amide bonds. The summed E-state index contributed by atoms with van der Waals surface area (Å²) in [5.41, 5.74) is 18.5. The van der Waals surface area contributed by atoms with Crippen LogP contribution in [0.5, 0.6) is 0 Å². The zero-order valence-corrected chi connectivity index (χ0v) is 60.6. The molecule has 1 saturated carbocycles. The molecule has 2 aromatic carbocycles. The Balaban J connectivity index is 1.50. The maximum atomic E-state index is 14.7. The zero-order chi connectivity index (χ0) is 80.0. The van der Waals surface area contributed by atoms with E-state index in [9.17, 15) is 97.5 Å². The first-order valence-electron chi connectivity index (χ1n) is 35.6. The second kappa shape index (κ2) is 46.9. The third-order valence-electron chi connectivity index (χ3n) is 17.4. The van der Waals surface area contributed by atoms with E-state index >= 15 is 0 Å². The van der Waals surface area contributed by atoms with Gasteiger partial charge in [0.15, 0.2) is 5.96 Å². The van der Waals surface area contributed by atoms with Gasteiger partial charge in [-0.1, -0.05) is 101 Å². The molecule has 27 N–H and O–H groups in total. The number of carbonyl (C=O) groups is 15. The Morgan fingerprint density at radius 3 is 1.61 bits per heavy atom. The predicted molar refractivity (Wildman–Crippen MR) is 388 cm³/mol. The highest BCUT2D eigenvalue weighted by Gasteiger charge is 2.37. The van der Waals surface area contributed by atoms with Crippen molar-refractivity contribution in [2.75, 3.05) is 52.5 Å². The molecule has 39 nitrogen and oxygen atoms in total. The van der Waals surface area contributed by atoms with E-state index in [0.29, 0.717) is 60.7 Å². The van der Waals surface area contributed by atoms with E-state index in [0.717, 1.165) is 19.3 Å². The van der Waals surface area contributed by atoms with E-state index in [2.05, 4.69) is 79.4 Å². The maximum absolute atomic E-state index is 14.7. The summed E-state index contributed by atoms with van der Waals surface area (Å²) in [6, 6.07) is -1.85. The number of aromatic amines is 1. The molecule has 0 radical (unpaired) electrons. The van der Waals surface area contributed by atoms with Gasteiger partial charge in [-0.2, -0.15) is 0 Å². The summed E-state index contributed by atoms with van der Waals surface area (Å²) in [4.78, 5) is 204. The second-order valence-electron chi connectivity index (χ2n) is 26.6. The average Bonchev–Trinajstić information content (AvgIpc) is 1.64. The predicted octanol–water partition coefficient (Wildman–Crippen LogP) is -6.56. The summed E-state index contributed by atoms with van der Waals surface area (Å²) in [6.45, 7) is -0.142. The fraction of sp³-hybridized carbons (Fsp3) is 0.565. The molecule has 0 bridgehead atoms. The van der Waals surface area contributed by atoms with Crippen LogP contribution in [0.4, 0.5) is 0 Å². The lowest BCUT2D eigenvalue weighted by Crippen LogP contribution is -2.61. The van der Waals surface area contributed by atoms with Crippen molar-refractivity contribution >= 4 is 106 Å². The molecule has 1 fully saturated rings. The van der Waals surface area contributed by atoms with Crippen LogP contribution in [0.2, 0.25) is 0 Å². The van der Waals surface area contributed by atoms with Crippen LogP contribution in [0.25, 0.3) is 10.9 Å². The number of hydrogen-bond donors (Lipinski definition) is 24. The number of amides is 13. The van der Waals surface area contributed by atoms with Crippen molar-refractivity contribution in [1.29, 1.82) is 5.41 Å². The van der Waals surface area contributed by atoms with Crippen LogP contribution < -0.4 is 91.6 Å². The Labute approximate surface area is 622 Å². The molecule has 0 aliphatic heterocycles. The summed E-state index contributed by atoms with van der Waals surface area (Å²) in [7, 11) is 0. The molecule has 4 rings (SSSR count). The average molecular weight is 1520 g/mol. The van der Waals surface area contributed by atoms with E-state index in [4.69, 9.17) is 22.6 Å². The van der Waals surface area contributed by atoms with Gasteiger partial charge >= 0.3 is 11.9 Å². The summed E-state index contributed by atoms with van der Waals surface area (Å²) >= 11 is 0. The van der Waals surface area contributed by atoms with Gasteiger partial charge in [0.25, 0.3) is 0 Å². The lowest BCUT2D eigenvalue weighted by Gasteiger charge is -2.30. The highest BCUT2D eigenvalue weighted by atomic mass is 16.4. The number of carboxylic acid groups (broad SMARTS) is 2. The number of nitrogens with one attached hydrogen (secondary N) is 16. The number of H-pyrrole nitrogens is 1. The van der Waals surface area contributed by atoms with Crippen molar-refractivity contribution in [3.05, 3.63) is 71.9 Å². The van der Waals surface area contributed by atoms with E-state index in [-0.39, 0.29) is 56.9 Å². The first-order valence-corrected chi connectivity index (χ1v) is 35.6. The highest BCUT2D eigenvalue weighted by molar-refractivity contribution is 6.00. The zero-order valence-electron chi connectivity index (χ0n) is 60.6. The monoisotopic (exact) mass is 1520 g/mol. The smallest absolute Gasteiger partial charge is 0.328 e.